The molecule has 1 unspecified atom stereocenters. The summed E-state index contributed by atoms with van der Waals surface area (Å²) >= 11 is 1.91. The van der Waals surface area contributed by atoms with Crippen molar-refractivity contribution in [1.82, 2.24) is 5.32 Å². The third-order valence-corrected chi connectivity index (χ3v) is 4.51. The molecule has 0 spiro atoms. The van der Waals surface area contributed by atoms with Crippen LogP contribution in [0, 0.1) is 5.92 Å². The van der Waals surface area contributed by atoms with Crippen LogP contribution < -0.4 is 5.32 Å². The van der Waals surface area contributed by atoms with Crippen molar-refractivity contribution in [2.45, 2.75) is 26.3 Å². The van der Waals surface area contributed by atoms with Gasteiger partial charge in [-0.3, -0.25) is 0 Å². The van der Waals surface area contributed by atoms with Crippen molar-refractivity contribution in [2.75, 3.05) is 24.7 Å². The number of rotatable bonds is 8. The van der Waals surface area contributed by atoms with Gasteiger partial charge in [0.2, 0.25) is 0 Å². The molecule has 0 aliphatic heterocycles. The molecule has 1 aromatic carbocycles. The first-order valence-electron chi connectivity index (χ1n) is 6.63. The monoisotopic (exact) mass is 267 g/mol. The molecule has 1 aromatic rings. The van der Waals surface area contributed by atoms with Crippen LogP contribution in [0.3, 0.4) is 0 Å². The highest BCUT2D eigenvalue weighted by atomic mass is 32.2. The standard InChI is InChI=1S/C15H25NOS/c1-4-16-15(11-17,12-18-10-13(2)3)14-8-6-5-7-9-14/h5-9,13,16-17H,4,10-12H2,1-3H3. The Kier molecular flexibility index (Phi) is 6.76. The van der Waals surface area contributed by atoms with E-state index in [9.17, 15) is 5.11 Å². The Labute approximate surface area is 115 Å². The lowest BCUT2D eigenvalue weighted by Crippen LogP contribution is -2.48. The zero-order valence-corrected chi connectivity index (χ0v) is 12.5. The van der Waals surface area contributed by atoms with Crippen molar-refractivity contribution in [2.24, 2.45) is 5.92 Å². The lowest BCUT2D eigenvalue weighted by atomic mass is 9.92. The van der Waals surface area contributed by atoms with Crippen LogP contribution in [0.25, 0.3) is 0 Å². The van der Waals surface area contributed by atoms with E-state index in [-0.39, 0.29) is 12.1 Å². The zero-order valence-electron chi connectivity index (χ0n) is 11.6. The topological polar surface area (TPSA) is 32.3 Å². The van der Waals surface area contributed by atoms with Crippen molar-refractivity contribution in [3.63, 3.8) is 0 Å². The quantitative estimate of drug-likeness (QED) is 0.759. The second kappa shape index (κ2) is 7.82. The molecular weight excluding hydrogens is 242 g/mol. The average molecular weight is 267 g/mol. The Morgan fingerprint density at radius 2 is 1.94 bits per heavy atom. The number of nitrogens with one attached hydrogen (secondary N) is 1. The smallest absolute Gasteiger partial charge is 0.0760 e. The molecule has 0 aliphatic carbocycles. The molecule has 18 heavy (non-hydrogen) atoms. The van der Waals surface area contributed by atoms with Crippen LogP contribution in [-0.2, 0) is 5.54 Å². The maximum Gasteiger partial charge on any atom is 0.0760 e. The van der Waals surface area contributed by atoms with E-state index in [1.807, 2.05) is 30.0 Å². The summed E-state index contributed by atoms with van der Waals surface area (Å²) in [6.45, 7) is 7.53. The van der Waals surface area contributed by atoms with E-state index in [1.165, 1.54) is 5.56 Å². The molecule has 2 nitrogen and oxygen atoms in total. The van der Waals surface area contributed by atoms with E-state index in [0.717, 1.165) is 18.1 Å². The van der Waals surface area contributed by atoms with E-state index < -0.39 is 0 Å². The van der Waals surface area contributed by atoms with Crippen LogP contribution in [0.5, 0.6) is 0 Å². The van der Waals surface area contributed by atoms with Gasteiger partial charge in [0, 0.05) is 5.75 Å². The number of aliphatic hydroxyl groups excluding tert-OH is 1. The minimum atomic E-state index is -0.310. The Hall–Kier alpha value is -0.510. The number of likely N-dealkylation sites (N-methyl/N-ethyl adjacent to an activating group) is 1. The summed E-state index contributed by atoms with van der Waals surface area (Å²) in [5.41, 5.74) is 0.862. The SMILES string of the molecule is CCNC(CO)(CSCC(C)C)c1ccccc1. The summed E-state index contributed by atoms with van der Waals surface area (Å²) in [5, 5.41) is 13.3. The molecule has 0 heterocycles. The van der Waals surface area contributed by atoms with Gasteiger partial charge in [-0.25, -0.2) is 0 Å². The number of thioether (sulfide) groups is 1. The molecule has 0 amide bonds. The average Bonchev–Trinajstić information content (AvgIpc) is 2.38. The molecular formula is C15H25NOS. The first kappa shape index (κ1) is 15.5. The maximum atomic E-state index is 9.85. The van der Waals surface area contributed by atoms with Gasteiger partial charge in [-0.1, -0.05) is 51.1 Å². The lowest BCUT2D eigenvalue weighted by molar-refractivity contribution is 0.181. The summed E-state index contributed by atoms with van der Waals surface area (Å²) in [5.74, 6) is 2.71. The third-order valence-electron chi connectivity index (χ3n) is 2.91. The fraction of sp³-hybridized carbons (Fsp3) is 0.600. The fourth-order valence-electron chi connectivity index (χ4n) is 1.99. The fourth-order valence-corrected chi connectivity index (χ4v) is 3.29. The van der Waals surface area contributed by atoms with E-state index in [0.29, 0.717) is 5.92 Å². The van der Waals surface area contributed by atoms with Gasteiger partial charge in [0.05, 0.1) is 12.1 Å². The Bertz CT molecular complexity index is 329. The molecule has 2 N–H and O–H groups in total. The van der Waals surface area contributed by atoms with Gasteiger partial charge in [0.1, 0.15) is 0 Å². The summed E-state index contributed by atoms with van der Waals surface area (Å²) < 4.78 is 0. The van der Waals surface area contributed by atoms with Gasteiger partial charge in [-0.15, -0.1) is 0 Å². The molecule has 0 aromatic heterocycles. The molecule has 0 fully saturated rings. The van der Waals surface area contributed by atoms with Gasteiger partial charge in [0.15, 0.2) is 0 Å². The maximum absolute atomic E-state index is 9.85. The predicted octanol–water partition coefficient (Wildman–Crippen LogP) is 2.87. The highest BCUT2D eigenvalue weighted by molar-refractivity contribution is 7.99. The van der Waals surface area contributed by atoms with Gasteiger partial charge >= 0.3 is 0 Å². The first-order valence-corrected chi connectivity index (χ1v) is 7.79. The van der Waals surface area contributed by atoms with Crippen LogP contribution in [0.15, 0.2) is 30.3 Å². The van der Waals surface area contributed by atoms with Gasteiger partial charge in [-0.05, 0) is 23.8 Å². The normalized spacial score (nSPS) is 14.7. The van der Waals surface area contributed by atoms with Crippen molar-refractivity contribution >= 4 is 11.8 Å². The van der Waals surface area contributed by atoms with Crippen molar-refractivity contribution < 1.29 is 5.11 Å². The third kappa shape index (κ3) is 4.30. The highest BCUT2D eigenvalue weighted by Gasteiger charge is 2.30. The van der Waals surface area contributed by atoms with Crippen molar-refractivity contribution in [3.05, 3.63) is 35.9 Å². The highest BCUT2D eigenvalue weighted by Crippen LogP contribution is 2.26. The van der Waals surface area contributed by atoms with E-state index in [1.54, 1.807) is 0 Å². The zero-order chi connectivity index (χ0) is 13.4. The molecule has 102 valence electrons. The van der Waals surface area contributed by atoms with Crippen LogP contribution in [0.2, 0.25) is 0 Å². The van der Waals surface area contributed by atoms with Crippen LogP contribution in [0.1, 0.15) is 26.3 Å². The minimum Gasteiger partial charge on any atom is -0.394 e. The Morgan fingerprint density at radius 3 is 2.44 bits per heavy atom. The predicted molar refractivity (Wildman–Crippen MR) is 81.0 cm³/mol. The number of benzene rings is 1. The molecule has 0 aliphatic rings. The summed E-state index contributed by atoms with van der Waals surface area (Å²) in [7, 11) is 0. The van der Waals surface area contributed by atoms with Gasteiger partial charge in [0.25, 0.3) is 0 Å². The Balaban J connectivity index is 2.80. The first-order chi connectivity index (χ1) is 8.64. The number of hydrogen-bond donors (Lipinski definition) is 2. The molecule has 0 saturated carbocycles. The lowest BCUT2D eigenvalue weighted by Gasteiger charge is -2.33. The van der Waals surface area contributed by atoms with Gasteiger partial charge < -0.3 is 10.4 Å². The van der Waals surface area contributed by atoms with Gasteiger partial charge in [-0.2, -0.15) is 11.8 Å². The van der Waals surface area contributed by atoms with Crippen molar-refractivity contribution in [1.29, 1.82) is 0 Å². The summed E-state index contributed by atoms with van der Waals surface area (Å²) in [6.07, 6.45) is 0. The number of aliphatic hydroxyl groups is 1. The molecule has 1 atom stereocenters. The largest absolute Gasteiger partial charge is 0.394 e. The summed E-state index contributed by atoms with van der Waals surface area (Å²) in [4.78, 5) is 0. The van der Waals surface area contributed by atoms with Crippen LogP contribution in [0.4, 0.5) is 0 Å². The van der Waals surface area contributed by atoms with Crippen LogP contribution >= 0.6 is 11.8 Å². The molecule has 0 bridgehead atoms. The summed E-state index contributed by atoms with van der Waals surface area (Å²) in [6, 6.07) is 10.3. The molecule has 3 heteroatoms. The molecule has 0 saturated heterocycles. The van der Waals surface area contributed by atoms with E-state index in [2.05, 4.69) is 38.2 Å². The minimum absolute atomic E-state index is 0.135. The van der Waals surface area contributed by atoms with Crippen molar-refractivity contribution in [3.8, 4) is 0 Å². The molecule has 0 radical (unpaired) electrons. The number of hydrogen-bond acceptors (Lipinski definition) is 3. The van der Waals surface area contributed by atoms with E-state index in [4.69, 9.17) is 0 Å². The van der Waals surface area contributed by atoms with E-state index >= 15 is 0 Å². The van der Waals surface area contributed by atoms with Crippen LogP contribution in [-0.4, -0.2) is 29.8 Å². The second-order valence-electron chi connectivity index (χ2n) is 5.05. The second-order valence-corrected chi connectivity index (χ2v) is 6.08. The molecule has 1 rings (SSSR count). The Morgan fingerprint density at radius 1 is 1.28 bits per heavy atom.